The molecule has 9 heteroatoms. The van der Waals surface area contributed by atoms with Crippen LogP contribution in [0, 0.1) is 6.92 Å². The zero-order valence-corrected chi connectivity index (χ0v) is 18.6. The first-order valence-electron chi connectivity index (χ1n) is 9.75. The van der Waals surface area contributed by atoms with Crippen molar-refractivity contribution in [1.29, 1.82) is 0 Å². The van der Waals surface area contributed by atoms with Crippen LogP contribution in [0.1, 0.15) is 5.56 Å². The van der Waals surface area contributed by atoms with Crippen molar-refractivity contribution in [2.24, 2.45) is 0 Å². The molecule has 0 aliphatic heterocycles. The van der Waals surface area contributed by atoms with Crippen LogP contribution in [0.4, 0.5) is 17.3 Å². The zero-order chi connectivity index (χ0) is 22.7. The average Bonchev–Trinajstić information content (AvgIpc) is 2.79. The third-order valence-corrected chi connectivity index (χ3v) is 6.10. The lowest BCUT2D eigenvalue weighted by Gasteiger charge is -2.16. The number of aryl methyl sites for hydroxylation is 1. The van der Waals surface area contributed by atoms with E-state index < -0.39 is 10.0 Å². The molecule has 2 N–H and O–H groups in total. The molecule has 1 heterocycles. The van der Waals surface area contributed by atoms with Crippen molar-refractivity contribution in [3.63, 3.8) is 0 Å². The summed E-state index contributed by atoms with van der Waals surface area (Å²) in [5, 5.41) is 3.14. The molecule has 0 saturated heterocycles. The largest absolute Gasteiger partial charge is 0.497 e. The first-order valence-corrected chi connectivity index (χ1v) is 11.2. The Morgan fingerprint density at radius 2 is 1.53 bits per heavy atom. The molecule has 4 aromatic rings. The number of benzene rings is 3. The number of nitrogens with one attached hydrogen (secondary N) is 2. The van der Waals surface area contributed by atoms with Crippen LogP contribution in [0.15, 0.2) is 71.6 Å². The molecule has 0 saturated carbocycles. The number of para-hydroxylation sites is 2. The molecule has 0 bridgehead atoms. The van der Waals surface area contributed by atoms with E-state index in [0.717, 1.165) is 5.56 Å². The minimum Gasteiger partial charge on any atom is -0.497 e. The number of hydrogen-bond donors (Lipinski definition) is 2. The summed E-state index contributed by atoms with van der Waals surface area (Å²) in [5.41, 5.74) is 2.54. The fourth-order valence-electron chi connectivity index (χ4n) is 3.17. The van der Waals surface area contributed by atoms with Gasteiger partial charge >= 0.3 is 0 Å². The summed E-state index contributed by atoms with van der Waals surface area (Å²) < 4.78 is 39.4. The van der Waals surface area contributed by atoms with Crippen molar-refractivity contribution >= 4 is 38.4 Å². The molecule has 3 aromatic carbocycles. The lowest BCUT2D eigenvalue weighted by atomic mass is 10.2. The Morgan fingerprint density at radius 3 is 2.19 bits per heavy atom. The molecule has 4 rings (SSSR count). The molecular formula is C23H22N4O4S. The van der Waals surface area contributed by atoms with E-state index in [1.54, 1.807) is 56.7 Å². The van der Waals surface area contributed by atoms with Crippen LogP contribution in [-0.4, -0.2) is 32.6 Å². The van der Waals surface area contributed by atoms with Gasteiger partial charge in [-0.25, -0.2) is 18.4 Å². The maximum absolute atomic E-state index is 13.1. The second-order valence-electron chi connectivity index (χ2n) is 7.02. The Hall–Kier alpha value is -3.85. The van der Waals surface area contributed by atoms with E-state index in [9.17, 15) is 8.42 Å². The van der Waals surface area contributed by atoms with Gasteiger partial charge < -0.3 is 14.8 Å². The normalized spacial score (nSPS) is 11.2. The average molecular weight is 451 g/mol. The molecule has 0 aliphatic carbocycles. The van der Waals surface area contributed by atoms with E-state index in [2.05, 4.69) is 20.0 Å². The third kappa shape index (κ3) is 4.42. The predicted molar refractivity (Wildman–Crippen MR) is 124 cm³/mol. The summed E-state index contributed by atoms with van der Waals surface area (Å²) >= 11 is 0. The lowest BCUT2D eigenvalue weighted by Crippen LogP contribution is -2.16. The maximum atomic E-state index is 13.1. The van der Waals surface area contributed by atoms with Crippen LogP contribution in [0.5, 0.6) is 11.5 Å². The summed E-state index contributed by atoms with van der Waals surface area (Å²) in [6, 6.07) is 19.1. The van der Waals surface area contributed by atoms with E-state index in [4.69, 9.17) is 9.47 Å². The second kappa shape index (κ2) is 8.72. The SMILES string of the molecule is COc1ccc(OC)c(Nc2nc3ccccc3nc2NS(=O)(=O)c2cccc(C)c2)c1. The Morgan fingerprint density at radius 1 is 0.812 bits per heavy atom. The van der Waals surface area contributed by atoms with Gasteiger partial charge in [0, 0.05) is 6.07 Å². The third-order valence-electron chi connectivity index (χ3n) is 4.76. The van der Waals surface area contributed by atoms with Crippen LogP contribution >= 0.6 is 0 Å². The minimum absolute atomic E-state index is 0.0649. The summed E-state index contributed by atoms with van der Waals surface area (Å²) in [7, 11) is -0.796. The topological polar surface area (TPSA) is 102 Å². The van der Waals surface area contributed by atoms with Crippen LogP contribution in [-0.2, 0) is 10.0 Å². The molecule has 0 aliphatic rings. The Balaban J connectivity index is 1.81. The van der Waals surface area contributed by atoms with Gasteiger partial charge in [0.25, 0.3) is 10.0 Å². The van der Waals surface area contributed by atoms with Crippen LogP contribution in [0.25, 0.3) is 11.0 Å². The predicted octanol–water partition coefficient (Wildman–Crippen LogP) is 4.50. The van der Waals surface area contributed by atoms with Gasteiger partial charge in [-0.2, -0.15) is 0 Å². The zero-order valence-electron chi connectivity index (χ0n) is 17.8. The highest BCUT2D eigenvalue weighted by Crippen LogP contribution is 2.34. The van der Waals surface area contributed by atoms with Crippen molar-refractivity contribution in [3.05, 3.63) is 72.3 Å². The second-order valence-corrected chi connectivity index (χ2v) is 8.71. The summed E-state index contributed by atoms with van der Waals surface area (Å²) in [5.74, 6) is 1.43. The fourth-order valence-corrected chi connectivity index (χ4v) is 4.28. The number of rotatable bonds is 7. The van der Waals surface area contributed by atoms with Crippen molar-refractivity contribution in [1.82, 2.24) is 9.97 Å². The number of aromatic nitrogens is 2. The number of fused-ring (bicyclic) bond motifs is 1. The Labute approximate surface area is 186 Å². The first-order chi connectivity index (χ1) is 15.4. The van der Waals surface area contributed by atoms with Gasteiger partial charge in [0.1, 0.15) is 11.5 Å². The smallest absolute Gasteiger partial charge is 0.263 e. The lowest BCUT2D eigenvalue weighted by molar-refractivity contribution is 0.405. The number of anilines is 3. The van der Waals surface area contributed by atoms with Crippen LogP contribution in [0.3, 0.4) is 0 Å². The van der Waals surface area contributed by atoms with Crippen LogP contribution in [0.2, 0.25) is 0 Å². The standard InChI is InChI=1S/C23H22N4O4S/c1-15-7-6-8-17(13-15)32(28,29)27-23-22(24-18-9-4-5-10-19(18)25-23)26-20-14-16(30-2)11-12-21(20)31-3/h4-14H,1-3H3,(H,24,26)(H,25,27). The molecule has 0 spiro atoms. The number of ether oxygens (including phenoxy) is 2. The molecule has 0 fully saturated rings. The molecule has 32 heavy (non-hydrogen) atoms. The van der Waals surface area contributed by atoms with E-state index in [1.165, 1.54) is 6.07 Å². The summed E-state index contributed by atoms with van der Waals surface area (Å²) in [6.45, 7) is 1.83. The quantitative estimate of drug-likeness (QED) is 0.427. The van der Waals surface area contributed by atoms with Gasteiger partial charge in [-0.15, -0.1) is 0 Å². The molecular weight excluding hydrogens is 428 g/mol. The van der Waals surface area contributed by atoms with Gasteiger partial charge in [0.15, 0.2) is 11.6 Å². The fraction of sp³-hybridized carbons (Fsp3) is 0.130. The van der Waals surface area contributed by atoms with Crippen LogP contribution < -0.4 is 19.5 Å². The van der Waals surface area contributed by atoms with E-state index in [-0.39, 0.29) is 16.5 Å². The van der Waals surface area contributed by atoms with Gasteiger partial charge in [-0.05, 0) is 48.9 Å². The molecule has 0 atom stereocenters. The Bertz CT molecular complexity index is 1390. The van der Waals surface area contributed by atoms with Crippen molar-refractivity contribution in [2.45, 2.75) is 11.8 Å². The van der Waals surface area contributed by atoms with Gasteiger partial charge in [0.05, 0.1) is 35.8 Å². The molecule has 0 amide bonds. The van der Waals surface area contributed by atoms with Crippen molar-refractivity contribution in [3.8, 4) is 11.5 Å². The van der Waals surface area contributed by atoms with E-state index in [1.807, 2.05) is 25.1 Å². The van der Waals surface area contributed by atoms with Gasteiger partial charge in [-0.3, -0.25) is 4.72 Å². The van der Waals surface area contributed by atoms with Crippen molar-refractivity contribution < 1.29 is 17.9 Å². The van der Waals surface area contributed by atoms with E-state index >= 15 is 0 Å². The summed E-state index contributed by atoms with van der Waals surface area (Å²) in [6.07, 6.45) is 0. The first kappa shape index (κ1) is 21.4. The highest BCUT2D eigenvalue weighted by molar-refractivity contribution is 7.92. The van der Waals surface area contributed by atoms with Gasteiger partial charge in [0.2, 0.25) is 0 Å². The molecule has 0 radical (unpaired) electrons. The molecule has 0 unspecified atom stereocenters. The number of nitrogens with zero attached hydrogens (tertiary/aromatic N) is 2. The maximum Gasteiger partial charge on any atom is 0.263 e. The monoisotopic (exact) mass is 450 g/mol. The van der Waals surface area contributed by atoms with E-state index in [0.29, 0.717) is 28.2 Å². The minimum atomic E-state index is -3.90. The summed E-state index contributed by atoms with van der Waals surface area (Å²) in [4.78, 5) is 9.25. The number of hydrogen-bond acceptors (Lipinski definition) is 7. The number of methoxy groups -OCH3 is 2. The highest BCUT2D eigenvalue weighted by Gasteiger charge is 2.20. The Kier molecular flexibility index (Phi) is 5.83. The molecule has 8 nitrogen and oxygen atoms in total. The number of sulfonamides is 1. The molecule has 164 valence electrons. The van der Waals surface area contributed by atoms with Crippen molar-refractivity contribution in [2.75, 3.05) is 24.3 Å². The molecule has 1 aromatic heterocycles. The highest BCUT2D eigenvalue weighted by atomic mass is 32.2. The van der Waals surface area contributed by atoms with Gasteiger partial charge in [-0.1, -0.05) is 24.3 Å².